The summed E-state index contributed by atoms with van der Waals surface area (Å²) in [4.78, 5) is 0. The highest BCUT2D eigenvalue weighted by Crippen LogP contribution is 2.47. The van der Waals surface area contributed by atoms with Crippen LogP contribution in [-0.4, -0.2) is 21.3 Å². The van der Waals surface area contributed by atoms with Crippen molar-refractivity contribution in [1.29, 1.82) is 0 Å². The highest BCUT2D eigenvalue weighted by molar-refractivity contribution is 7.36. The Bertz CT molecular complexity index is 1700. The van der Waals surface area contributed by atoms with Gasteiger partial charge in [0.2, 0.25) is 8.01 Å². The van der Waals surface area contributed by atoms with E-state index in [4.69, 9.17) is 22.6 Å². The van der Waals surface area contributed by atoms with Crippen LogP contribution in [0.4, 0.5) is 0 Å². The van der Waals surface area contributed by atoms with Gasteiger partial charge in [0, 0.05) is 27.5 Å². The smallest absolute Gasteiger partial charge is 0.221 e. The van der Waals surface area contributed by atoms with Crippen molar-refractivity contribution >= 4 is 30.0 Å². The van der Waals surface area contributed by atoms with E-state index < -0.39 is 8.01 Å². The summed E-state index contributed by atoms with van der Waals surface area (Å²) >= 11 is 0. The van der Waals surface area contributed by atoms with E-state index in [2.05, 4.69) is 96.1 Å². The molecule has 6 heteroatoms. The van der Waals surface area contributed by atoms with Crippen molar-refractivity contribution in [3.63, 3.8) is 0 Å². The lowest BCUT2D eigenvalue weighted by molar-refractivity contribution is 0.413. The molecule has 0 unspecified atom stereocenters. The van der Waals surface area contributed by atoms with Crippen molar-refractivity contribution in [1.82, 2.24) is 0 Å². The van der Waals surface area contributed by atoms with Crippen LogP contribution in [0.1, 0.15) is 58.2 Å². The van der Waals surface area contributed by atoms with Gasteiger partial charge in [-0.25, -0.2) is 0 Å². The van der Waals surface area contributed by atoms with Gasteiger partial charge in [-0.05, 0) is 52.3 Å². The molecule has 0 saturated carbocycles. The SMILES string of the molecule is COc1cc(C(C)(C)C)c2op(Cc3ccccc3-c3ccccc3OC)oc3c(C(C)(C)C)cc(OC)cc3c2c1. The van der Waals surface area contributed by atoms with Gasteiger partial charge in [-0.3, -0.25) is 0 Å². The Balaban J connectivity index is 1.90. The maximum absolute atomic E-state index is 7.00. The number of ether oxygens (including phenoxy) is 3. The predicted octanol–water partition coefficient (Wildman–Crippen LogP) is 10.6. The maximum Gasteiger partial charge on any atom is 0.221 e. The molecule has 5 rings (SSSR count). The van der Waals surface area contributed by atoms with E-state index in [1.54, 1.807) is 21.3 Å². The Kier molecular flexibility index (Phi) is 8.09. The molecule has 0 radical (unpaired) electrons. The first kappa shape index (κ1) is 29.7. The van der Waals surface area contributed by atoms with Gasteiger partial charge in [-0.2, -0.15) is 0 Å². The Labute approximate surface area is 250 Å². The average Bonchev–Trinajstić information content (AvgIpc) is 3.11. The second kappa shape index (κ2) is 11.5. The number of methoxy groups -OCH3 is 3. The lowest BCUT2D eigenvalue weighted by Gasteiger charge is -2.21. The molecule has 0 fully saturated rings. The molecule has 5 nitrogen and oxygen atoms in total. The molecule has 0 atom stereocenters. The van der Waals surface area contributed by atoms with E-state index in [0.717, 1.165) is 67.0 Å². The third kappa shape index (κ3) is 5.76. The Hall–Kier alpha value is -3.82. The summed E-state index contributed by atoms with van der Waals surface area (Å²) in [6.07, 6.45) is 0.591. The molecule has 5 aromatic rings. The fourth-order valence-corrected chi connectivity index (χ4v) is 6.89. The molecule has 0 amide bonds. The van der Waals surface area contributed by atoms with Crippen molar-refractivity contribution in [3.05, 3.63) is 89.5 Å². The van der Waals surface area contributed by atoms with E-state index in [1.807, 2.05) is 18.2 Å². The third-order valence-corrected chi connectivity index (χ3v) is 8.97. The van der Waals surface area contributed by atoms with Crippen LogP contribution < -0.4 is 14.2 Å². The van der Waals surface area contributed by atoms with Crippen molar-refractivity contribution in [2.45, 2.75) is 58.5 Å². The average molecular weight is 585 g/mol. The van der Waals surface area contributed by atoms with Gasteiger partial charge in [0.05, 0.1) is 27.5 Å². The molecule has 220 valence electrons. The molecular formula is C36H41O5P. The zero-order valence-corrected chi connectivity index (χ0v) is 27.0. The molecule has 1 aromatic heterocycles. The zero-order valence-electron chi connectivity index (χ0n) is 26.1. The second-order valence-corrected chi connectivity index (χ2v) is 14.0. The summed E-state index contributed by atoms with van der Waals surface area (Å²) in [6.45, 7) is 13.2. The summed E-state index contributed by atoms with van der Waals surface area (Å²) in [5.41, 5.74) is 6.67. The molecule has 0 spiro atoms. The Morgan fingerprint density at radius 3 is 1.55 bits per heavy atom. The van der Waals surface area contributed by atoms with E-state index in [1.165, 1.54) is 0 Å². The van der Waals surface area contributed by atoms with Gasteiger partial charge >= 0.3 is 0 Å². The minimum absolute atomic E-state index is 0.203. The van der Waals surface area contributed by atoms with E-state index in [9.17, 15) is 0 Å². The van der Waals surface area contributed by atoms with Gasteiger partial charge in [0.25, 0.3) is 0 Å². The zero-order chi connectivity index (χ0) is 30.2. The molecule has 0 aliphatic carbocycles. The van der Waals surface area contributed by atoms with E-state index in [0.29, 0.717) is 6.16 Å². The number of fused-ring (bicyclic) bond motifs is 3. The lowest BCUT2D eigenvalue weighted by atomic mass is 9.84. The minimum atomic E-state index is -1.45. The summed E-state index contributed by atoms with van der Waals surface area (Å²) in [6, 6.07) is 24.8. The normalized spacial score (nSPS) is 12.0. The molecule has 0 aliphatic rings. The van der Waals surface area contributed by atoms with Gasteiger partial charge < -0.3 is 22.6 Å². The quantitative estimate of drug-likeness (QED) is 0.199. The topological polar surface area (TPSA) is 54.0 Å². The van der Waals surface area contributed by atoms with Crippen molar-refractivity contribution in [2.75, 3.05) is 21.3 Å². The lowest BCUT2D eigenvalue weighted by Crippen LogP contribution is -2.12. The minimum Gasteiger partial charge on any atom is -0.497 e. The number of benzene rings is 4. The molecule has 0 N–H and O–H groups in total. The summed E-state index contributed by atoms with van der Waals surface area (Å²) < 4.78 is 31.3. The number of hydrogen-bond acceptors (Lipinski definition) is 5. The number of para-hydroxylation sites is 1. The fraction of sp³-hybridized carbons (Fsp3) is 0.333. The molecule has 42 heavy (non-hydrogen) atoms. The Morgan fingerprint density at radius 1 is 0.595 bits per heavy atom. The monoisotopic (exact) mass is 584 g/mol. The third-order valence-electron chi connectivity index (χ3n) is 7.60. The van der Waals surface area contributed by atoms with Crippen LogP contribution in [0.15, 0.2) is 81.2 Å². The van der Waals surface area contributed by atoms with Gasteiger partial charge in [0.15, 0.2) is 0 Å². The van der Waals surface area contributed by atoms with Crippen LogP contribution in [0.2, 0.25) is 0 Å². The van der Waals surface area contributed by atoms with Crippen LogP contribution in [-0.2, 0) is 17.0 Å². The first-order valence-electron chi connectivity index (χ1n) is 14.2. The molecule has 4 aromatic carbocycles. The standard InChI is InChI=1S/C36H41O5P/c1-35(2,3)30-20-24(37-7)18-28-29-19-25(38-8)21-31(36(4,5)6)34(29)41-42(40-33(28)30)22-23-14-10-11-15-26(23)27-16-12-13-17-32(27)39-9/h10-21H,22H2,1-9H3. The summed E-state index contributed by atoms with van der Waals surface area (Å²) in [5, 5.41) is 1.89. The van der Waals surface area contributed by atoms with Crippen molar-refractivity contribution in [3.8, 4) is 28.4 Å². The van der Waals surface area contributed by atoms with Gasteiger partial charge in [0.1, 0.15) is 28.4 Å². The van der Waals surface area contributed by atoms with E-state index in [-0.39, 0.29) is 10.8 Å². The number of hydrogen-bond donors (Lipinski definition) is 0. The molecule has 0 saturated heterocycles. The first-order valence-corrected chi connectivity index (χ1v) is 15.6. The first-order chi connectivity index (χ1) is 19.9. The molecular weight excluding hydrogens is 543 g/mol. The van der Waals surface area contributed by atoms with Crippen molar-refractivity contribution < 1.29 is 22.6 Å². The fourth-order valence-electron chi connectivity index (χ4n) is 5.37. The van der Waals surface area contributed by atoms with Crippen LogP contribution >= 0.6 is 8.01 Å². The Morgan fingerprint density at radius 2 is 1.07 bits per heavy atom. The summed E-state index contributed by atoms with van der Waals surface area (Å²) in [5.74, 6) is 2.39. The van der Waals surface area contributed by atoms with Crippen LogP contribution in [0.5, 0.6) is 17.2 Å². The largest absolute Gasteiger partial charge is 0.497 e. The van der Waals surface area contributed by atoms with Crippen LogP contribution in [0.25, 0.3) is 33.1 Å². The number of rotatable bonds is 6. The predicted molar refractivity (Wildman–Crippen MR) is 174 cm³/mol. The molecule has 0 aliphatic heterocycles. The van der Waals surface area contributed by atoms with Gasteiger partial charge in [-0.15, -0.1) is 0 Å². The molecule has 1 heterocycles. The van der Waals surface area contributed by atoms with Crippen LogP contribution in [0, 0.1) is 0 Å². The second-order valence-electron chi connectivity index (χ2n) is 12.6. The van der Waals surface area contributed by atoms with E-state index >= 15 is 0 Å². The molecule has 0 bridgehead atoms. The van der Waals surface area contributed by atoms with Crippen molar-refractivity contribution in [2.24, 2.45) is 0 Å². The summed E-state index contributed by atoms with van der Waals surface area (Å²) in [7, 11) is 3.68. The highest BCUT2D eigenvalue weighted by Gasteiger charge is 2.26. The van der Waals surface area contributed by atoms with Gasteiger partial charge in [-0.1, -0.05) is 84.0 Å². The highest BCUT2D eigenvalue weighted by atomic mass is 31.1. The van der Waals surface area contributed by atoms with Crippen LogP contribution in [0.3, 0.4) is 0 Å². The maximum atomic E-state index is 7.00.